The van der Waals surface area contributed by atoms with Gasteiger partial charge in [0.25, 0.3) is 0 Å². The van der Waals surface area contributed by atoms with Crippen LogP contribution in [0.3, 0.4) is 0 Å². The number of rotatable bonds is 6. The molecule has 22 heavy (non-hydrogen) atoms. The lowest BCUT2D eigenvalue weighted by Crippen LogP contribution is -2.05. The van der Waals surface area contributed by atoms with Crippen molar-refractivity contribution in [2.45, 2.75) is 26.2 Å². The highest BCUT2D eigenvalue weighted by Crippen LogP contribution is 2.26. The molecule has 6 heteroatoms. The standard InChI is InChI=1S/C16H19N5O/c1-2-3-4-9-22-12-7-5-11(6-8-12)14-13(10-17)15(18)21-16(19)20-14/h5-8H,2-4,9H2,1H3,(H4,18,19,20,21). The average Bonchev–Trinajstić information content (AvgIpc) is 2.51. The zero-order valence-corrected chi connectivity index (χ0v) is 12.5. The van der Waals surface area contributed by atoms with Crippen LogP contribution in [0.1, 0.15) is 31.7 Å². The molecule has 0 aliphatic carbocycles. The molecule has 0 spiro atoms. The Bertz CT molecular complexity index is 676. The maximum atomic E-state index is 9.20. The first-order valence-corrected chi connectivity index (χ1v) is 7.22. The summed E-state index contributed by atoms with van der Waals surface area (Å²) in [6.07, 6.45) is 3.36. The first-order chi connectivity index (χ1) is 10.7. The summed E-state index contributed by atoms with van der Waals surface area (Å²) in [5, 5.41) is 9.20. The summed E-state index contributed by atoms with van der Waals surface area (Å²) < 4.78 is 5.66. The molecule has 114 valence electrons. The van der Waals surface area contributed by atoms with Crippen molar-refractivity contribution in [3.63, 3.8) is 0 Å². The average molecular weight is 297 g/mol. The maximum Gasteiger partial charge on any atom is 0.222 e. The van der Waals surface area contributed by atoms with E-state index in [1.54, 1.807) is 0 Å². The molecule has 1 aromatic carbocycles. The Hall–Kier alpha value is -2.81. The molecule has 0 bridgehead atoms. The molecular formula is C16H19N5O. The molecular weight excluding hydrogens is 278 g/mol. The number of nitrogen functional groups attached to an aromatic ring is 2. The molecule has 0 saturated heterocycles. The number of nitrogens with two attached hydrogens (primary N) is 2. The summed E-state index contributed by atoms with van der Waals surface area (Å²) in [5.74, 6) is 0.921. The number of benzene rings is 1. The van der Waals surface area contributed by atoms with Crippen molar-refractivity contribution in [2.75, 3.05) is 18.1 Å². The lowest BCUT2D eigenvalue weighted by Gasteiger charge is -2.09. The van der Waals surface area contributed by atoms with Gasteiger partial charge < -0.3 is 16.2 Å². The van der Waals surface area contributed by atoms with Gasteiger partial charge in [0.15, 0.2) is 0 Å². The highest BCUT2D eigenvalue weighted by atomic mass is 16.5. The number of aromatic nitrogens is 2. The van der Waals surface area contributed by atoms with Crippen molar-refractivity contribution in [1.29, 1.82) is 5.26 Å². The van der Waals surface area contributed by atoms with Gasteiger partial charge in [-0.3, -0.25) is 0 Å². The minimum Gasteiger partial charge on any atom is -0.494 e. The highest BCUT2D eigenvalue weighted by Gasteiger charge is 2.13. The van der Waals surface area contributed by atoms with Gasteiger partial charge in [-0.25, -0.2) is 4.98 Å². The van der Waals surface area contributed by atoms with Gasteiger partial charge in [-0.05, 0) is 30.7 Å². The van der Waals surface area contributed by atoms with Crippen LogP contribution in [0.5, 0.6) is 5.75 Å². The normalized spacial score (nSPS) is 10.2. The molecule has 2 aromatic rings. The molecule has 4 N–H and O–H groups in total. The quantitative estimate of drug-likeness (QED) is 0.793. The van der Waals surface area contributed by atoms with E-state index in [9.17, 15) is 5.26 Å². The predicted molar refractivity (Wildman–Crippen MR) is 86.0 cm³/mol. The van der Waals surface area contributed by atoms with Crippen molar-refractivity contribution in [3.05, 3.63) is 29.8 Å². The Kier molecular flexibility index (Phi) is 5.15. The van der Waals surface area contributed by atoms with E-state index in [0.717, 1.165) is 30.6 Å². The largest absolute Gasteiger partial charge is 0.494 e. The van der Waals surface area contributed by atoms with Crippen molar-refractivity contribution in [3.8, 4) is 23.1 Å². The molecule has 0 aliphatic rings. The minimum absolute atomic E-state index is 0.0476. The first kappa shape index (κ1) is 15.6. The van der Waals surface area contributed by atoms with Gasteiger partial charge >= 0.3 is 0 Å². The van der Waals surface area contributed by atoms with E-state index in [0.29, 0.717) is 12.3 Å². The zero-order chi connectivity index (χ0) is 15.9. The molecule has 0 unspecified atom stereocenters. The Balaban J connectivity index is 2.19. The molecule has 1 heterocycles. The van der Waals surface area contributed by atoms with E-state index < -0.39 is 0 Å². The van der Waals surface area contributed by atoms with Crippen LogP contribution in [-0.2, 0) is 0 Å². The lowest BCUT2D eigenvalue weighted by atomic mass is 10.1. The van der Waals surface area contributed by atoms with Gasteiger partial charge in [-0.15, -0.1) is 0 Å². The van der Waals surface area contributed by atoms with Gasteiger partial charge in [0.05, 0.1) is 12.3 Å². The number of anilines is 2. The Morgan fingerprint density at radius 3 is 2.50 bits per heavy atom. The van der Waals surface area contributed by atoms with Crippen LogP contribution in [0.2, 0.25) is 0 Å². The van der Waals surface area contributed by atoms with Crippen molar-refractivity contribution in [1.82, 2.24) is 9.97 Å². The monoisotopic (exact) mass is 297 g/mol. The molecule has 0 radical (unpaired) electrons. The fourth-order valence-corrected chi connectivity index (χ4v) is 2.07. The molecule has 6 nitrogen and oxygen atoms in total. The number of ether oxygens (including phenoxy) is 1. The fourth-order valence-electron chi connectivity index (χ4n) is 2.07. The number of hydrogen-bond donors (Lipinski definition) is 2. The van der Waals surface area contributed by atoms with Gasteiger partial charge in [0.2, 0.25) is 5.95 Å². The predicted octanol–water partition coefficient (Wildman–Crippen LogP) is 2.75. The van der Waals surface area contributed by atoms with E-state index in [2.05, 4.69) is 16.9 Å². The van der Waals surface area contributed by atoms with E-state index in [-0.39, 0.29) is 17.3 Å². The summed E-state index contributed by atoms with van der Waals surface area (Å²) >= 11 is 0. The smallest absolute Gasteiger partial charge is 0.222 e. The van der Waals surface area contributed by atoms with E-state index in [4.69, 9.17) is 16.2 Å². The molecule has 1 aromatic heterocycles. The molecule has 0 saturated carbocycles. The Morgan fingerprint density at radius 1 is 1.14 bits per heavy atom. The topological polar surface area (TPSA) is 111 Å². The van der Waals surface area contributed by atoms with Crippen LogP contribution in [0.4, 0.5) is 11.8 Å². The first-order valence-electron chi connectivity index (χ1n) is 7.22. The molecule has 2 rings (SSSR count). The summed E-state index contributed by atoms with van der Waals surface area (Å²) in [6, 6.07) is 9.37. The molecule has 0 amide bonds. The van der Waals surface area contributed by atoms with Gasteiger partial charge in [0.1, 0.15) is 23.2 Å². The van der Waals surface area contributed by atoms with Crippen molar-refractivity contribution >= 4 is 11.8 Å². The Labute approximate surface area is 129 Å². The highest BCUT2D eigenvalue weighted by molar-refractivity contribution is 5.73. The summed E-state index contributed by atoms with van der Waals surface area (Å²) in [5.41, 5.74) is 12.7. The van der Waals surface area contributed by atoms with E-state index in [1.807, 2.05) is 30.3 Å². The third kappa shape index (κ3) is 3.64. The summed E-state index contributed by atoms with van der Waals surface area (Å²) in [4.78, 5) is 7.92. The third-order valence-corrected chi connectivity index (χ3v) is 3.21. The molecule has 0 atom stereocenters. The summed E-state index contributed by atoms with van der Waals surface area (Å²) in [6.45, 7) is 2.85. The van der Waals surface area contributed by atoms with Crippen LogP contribution < -0.4 is 16.2 Å². The number of hydrogen-bond acceptors (Lipinski definition) is 6. The number of nitrogens with zero attached hydrogens (tertiary/aromatic N) is 3. The second-order valence-electron chi connectivity index (χ2n) is 4.88. The van der Waals surface area contributed by atoms with Crippen LogP contribution in [0, 0.1) is 11.3 Å². The van der Waals surface area contributed by atoms with Crippen LogP contribution in [0.25, 0.3) is 11.3 Å². The third-order valence-electron chi connectivity index (χ3n) is 3.21. The van der Waals surface area contributed by atoms with Crippen molar-refractivity contribution in [2.24, 2.45) is 0 Å². The summed E-state index contributed by atoms with van der Waals surface area (Å²) in [7, 11) is 0. The van der Waals surface area contributed by atoms with E-state index >= 15 is 0 Å². The minimum atomic E-state index is 0.0476. The van der Waals surface area contributed by atoms with E-state index in [1.165, 1.54) is 0 Å². The number of unbranched alkanes of at least 4 members (excludes halogenated alkanes) is 2. The second kappa shape index (κ2) is 7.27. The Morgan fingerprint density at radius 2 is 1.86 bits per heavy atom. The van der Waals surface area contributed by atoms with Crippen LogP contribution >= 0.6 is 0 Å². The van der Waals surface area contributed by atoms with Gasteiger partial charge in [-0.2, -0.15) is 10.2 Å². The number of nitriles is 1. The van der Waals surface area contributed by atoms with Crippen LogP contribution in [-0.4, -0.2) is 16.6 Å². The van der Waals surface area contributed by atoms with Crippen LogP contribution in [0.15, 0.2) is 24.3 Å². The fraction of sp³-hybridized carbons (Fsp3) is 0.312. The zero-order valence-electron chi connectivity index (χ0n) is 12.5. The molecule has 0 aliphatic heterocycles. The van der Waals surface area contributed by atoms with Gasteiger partial charge in [-0.1, -0.05) is 19.8 Å². The maximum absolute atomic E-state index is 9.20. The lowest BCUT2D eigenvalue weighted by molar-refractivity contribution is 0.306. The molecule has 0 fully saturated rings. The van der Waals surface area contributed by atoms with Gasteiger partial charge in [0, 0.05) is 5.56 Å². The second-order valence-corrected chi connectivity index (χ2v) is 4.88. The van der Waals surface area contributed by atoms with Crippen molar-refractivity contribution < 1.29 is 4.74 Å². The SMILES string of the molecule is CCCCCOc1ccc(-c2nc(N)nc(N)c2C#N)cc1.